The lowest BCUT2D eigenvalue weighted by Gasteiger charge is -2.26. The highest BCUT2D eigenvalue weighted by molar-refractivity contribution is 5.96. The maximum atomic E-state index is 2.37. The van der Waals surface area contributed by atoms with Crippen LogP contribution in [0.3, 0.4) is 0 Å². The fourth-order valence-corrected chi connectivity index (χ4v) is 3.44. The Morgan fingerprint density at radius 3 is 2.12 bits per heavy atom. The number of fused-ring (bicyclic) bond motifs is 3. The van der Waals surface area contributed by atoms with Crippen molar-refractivity contribution in [3.63, 3.8) is 0 Å². The molecule has 3 aromatic rings. The summed E-state index contributed by atoms with van der Waals surface area (Å²) in [6, 6.07) is 19.3. The van der Waals surface area contributed by atoms with Crippen LogP contribution in [0.5, 0.6) is 0 Å². The molecule has 0 bridgehead atoms. The second kappa shape index (κ2) is 7.37. The number of hydrogen-bond donors (Lipinski definition) is 0. The van der Waals surface area contributed by atoms with E-state index in [1.807, 2.05) is 13.8 Å². The van der Waals surface area contributed by atoms with Crippen LogP contribution in [-0.2, 0) is 0 Å². The van der Waals surface area contributed by atoms with Gasteiger partial charge in [0.15, 0.2) is 0 Å². The Balaban J connectivity index is 0.000000948. The van der Waals surface area contributed by atoms with Crippen LogP contribution in [0.2, 0.25) is 0 Å². The van der Waals surface area contributed by atoms with Crippen molar-refractivity contribution in [2.45, 2.75) is 34.6 Å². The molecule has 26 heavy (non-hydrogen) atoms. The summed E-state index contributed by atoms with van der Waals surface area (Å²) in [5, 5.41) is 1.31. The van der Waals surface area contributed by atoms with Crippen LogP contribution in [0.4, 0.5) is 0 Å². The van der Waals surface area contributed by atoms with Crippen LogP contribution in [0.1, 0.15) is 45.9 Å². The highest BCUT2D eigenvalue weighted by atomic mass is 15.0. The SMILES string of the molecule is CC.CC(C)C1(C)C=Cc2c(n(-c3ccccc3)c3ccccc23)C=C1. The zero-order chi connectivity index (χ0) is 18.7. The van der Waals surface area contributed by atoms with Gasteiger partial charge >= 0.3 is 0 Å². The fourth-order valence-electron chi connectivity index (χ4n) is 3.44. The molecule has 1 unspecified atom stereocenters. The summed E-state index contributed by atoms with van der Waals surface area (Å²) in [4.78, 5) is 0. The van der Waals surface area contributed by atoms with Gasteiger partial charge in [-0.15, -0.1) is 0 Å². The maximum Gasteiger partial charge on any atom is 0.0541 e. The number of rotatable bonds is 2. The molecule has 1 nitrogen and oxygen atoms in total. The molecule has 4 rings (SSSR count). The third-order valence-electron chi connectivity index (χ3n) is 5.42. The number of allylic oxidation sites excluding steroid dienone is 2. The van der Waals surface area contributed by atoms with E-state index in [2.05, 4.69) is 104 Å². The molecular weight excluding hydrogens is 314 g/mol. The number of benzene rings is 2. The lowest BCUT2D eigenvalue weighted by molar-refractivity contribution is 0.387. The second-order valence-electron chi connectivity index (χ2n) is 7.17. The first-order valence-corrected chi connectivity index (χ1v) is 9.67. The standard InChI is InChI=1S/C23H23N.C2H6/c1-17(2)23(3)15-13-20-19-11-7-8-12-21(19)24(22(20)14-16-23)18-9-5-4-6-10-18;1-2/h4-17H,1-3H3;1-2H3. The number of para-hydroxylation sites is 2. The van der Waals surface area contributed by atoms with E-state index in [0.717, 1.165) is 0 Å². The molecule has 1 aliphatic rings. The van der Waals surface area contributed by atoms with Gasteiger partial charge < -0.3 is 4.57 Å². The average Bonchev–Trinajstić information content (AvgIpc) is 2.89. The van der Waals surface area contributed by atoms with Crippen LogP contribution in [0, 0.1) is 11.3 Å². The number of aromatic nitrogens is 1. The van der Waals surface area contributed by atoms with Crippen LogP contribution >= 0.6 is 0 Å². The molecule has 134 valence electrons. The minimum Gasteiger partial charge on any atom is -0.309 e. The summed E-state index contributed by atoms with van der Waals surface area (Å²) < 4.78 is 2.37. The van der Waals surface area contributed by atoms with E-state index >= 15 is 0 Å². The Morgan fingerprint density at radius 2 is 1.42 bits per heavy atom. The molecule has 0 saturated carbocycles. The predicted octanol–water partition coefficient (Wildman–Crippen LogP) is 7.36. The topological polar surface area (TPSA) is 4.93 Å². The fraction of sp³-hybridized carbons (Fsp3) is 0.280. The van der Waals surface area contributed by atoms with E-state index in [-0.39, 0.29) is 5.41 Å². The van der Waals surface area contributed by atoms with Crippen molar-refractivity contribution in [2.75, 3.05) is 0 Å². The summed E-state index contributed by atoms with van der Waals surface area (Å²) in [5.74, 6) is 0.561. The molecule has 1 heteroatoms. The van der Waals surface area contributed by atoms with Gasteiger partial charge in [-0.3, -0.25) is 0 Å². The smallest absolute Gasteiger partial charge is 0.0541 e. The van der Waals surface area contributed by atoms with Gasteiger partial charge in [0.2, 0.25) is 0 Å². The third kappa shape index (κ3) is 3.03. The van der Waals surface area contributed by atoms with Gasteiger partial charge in [-0.2, -0.15) is 0 Å². The molecule has 1 heterocycles. The Morgan fingerprint density at radius 1 is 0.808 bits per heavy atom. The molecule has 1 atom stereocenters. The molecule has 0 amide bonds. The Hall–Kier alpha value is -2.54. The van der Waals surface area contributed by atoms with Crippen molar-refractivity contribution in [2.24, 2.45) is 11.3 Å². The van der Waals surface area contributed by atoms with Crippen molar-refractivity contribution < 1.29 is 0 Å². The lowest BCUT2D eigenvalue weighted by Crippen LogP contribution is -2.17. The highest BCUT2D eigenvalue weighted by Gasteiger charge is 2.25. The molecule has 0 radical (unpaired) electrons. The summed E-state index contributed by atoms with van der Waals surface area (Å²) in [5.41, 5.74) is 5.14. The summed E-state index contributed by atoms with van der Waals surface area (Å²) in [7, 11) is 0. The monoisotopic (exact) mass is 343 g/mol. The second-order valence-corrected chi connectivity index (χ2v) is 7.17. The summed E-state index contributed by atoms with van der Waals surface area (Å²) in [6.07, 6.45) is 9.35. The Labute approximate surface area is 157 Å². The zero-order valence-electron chi connectivity index (χ0n) is 16.5. The first-order valence-electron chi connectivity index (χ1n) is 9.67. The zero-order valence-corrected chi connectivity index (χ0v) is 16.5. The molecule has 0 spiro atoms. The number of nitrogens with zero attached hydrogens (tertiary/aromatic N) is 1. The first-order chi connectivity index (χ1) is 12.6. The van der Waals surface area contributed by atoms with Gasteiger partial charge in [-0.25, -0.2) is 0 Å². The summed E-state index contributed by atoms with van der Waals surface area (Å²) in [6.45, 7) is 10.9. The van der Waals surface area contributed by atoms with E-state index in [1.165, 1.54) is 27.8 Å². The molecule has 0 saturated heterocycles. The lowest BCUT2D eigenvalue weighted by atomic mass is 9.79. The largest absolute Gasteiger partial charge is 0.309 e. The normalized spacial score (nSPS) is 18.4. The number of hydrogen-bond acceptors (Lipinski definition) is 0. The van der Waals surface area contributed by atoms with E-state index in [0.29, 0.717) is 5.92 Å². The Bertz CT molecular complexity index is 941. The van der Waals surface area contributed by atoms with E-state index in [9.17, 15) is 0 Å². The first kappa shape index (κ1) is 18.3. The van der Waals surface area contributed by atoms with Gasteiger partial charge in [0.05, 0.1) is 11.2 Å². The minimum absolute atomic E-state index is 0.0850. The molecule has 1 aliphatic carbocycles. The van der Waals surface area contributed by atoms with Gasteiger partial charge in [-0.05, 0) is 30.2 Å². The van der Waals surface area contributed by atoms with Gasteiger partial charge in [-0.1, -0.05) is 89.2 Å². The van der Waals surface area contributed by atoms with Crippen LogP contribution in [-0.4, -0.2) is 4.57 Å². The molecule has 0 fully saturated rings. The Kier molecular flexibility index (Phi) is 5.18. The third-order valence-corrected chi connectivity index (χ3v) is 5.42. The van der Waals surface area contributed by atoms with Crippen molar-refractivity contribution in [1.82, 2.24) is 4.57 Å². The molecule has 0 aliphatic heterocycles. The average molecular weight is 344 g/mol. The van der Waals surface area contributed by atoms with Gasteiger partial charge in [0.1, 0.15) is 0 Å². The van der Waals surface area contributed by atoms with Crippen LogP contribution in [0.25, 0.3) is 28.7 Å². The molecule has 1 aromatic heterocycles. The molecular formula is C25H29N. The maximum absolute atomic E-state index is 2.37. The van der Waals surface area contributed by atoms with Crippen molar-refractivity contribution in [3.8, 4) is 5.69 Å². The van der Waals surface area contributed by atoms with Gasteiger partial charge in [0.25, 0.3) is 0 Å². The highest BCUT2D eigenvalue weighted by Crippen LogP contribution is 2.39. The van der Waals surface area contributed by atoms with Crippen molar-refractivity contribution in [3.05, 3.63) is 78.0 Å². The van der Waals surface area contributed by atoms with E-state index in [1.54, 1.807) is 0 Å². The van der Waals surface area contributed by atoms with Crippen molar-refractivity contribution in [1.29, 1.82) is 0 Å². The van der Waals surface area contributed by atoms with E-state index in [4.69, 9.17) is 0 Å². The molecule has 0 N–H and O–H groups in total. The summed E-state index contributed by atoms with van der Waals surface area (Å²) >= 11 is 0. The predicted molar refractivity (Wildman–Crippen MR) is 116 cm³/mol. The van der Waals surface area contributed by atoms with Gasteiger partial charge in [0, 0.05) is 22.1 Å². The van der Waals surface area contributed by atoms with Crippen LogP contribution < -0.4 is 0 Å². The van der Waals surface area contributed by atoms with Crippen LogP contribution in [0.15, 0.2) is 66.7 Å². The minimum atomic E-state index is 0.0850. The quantitative estimate of drug-likeness (QED) is 0.458. The molecule has 2 aromatic carbocycles. The van der Waals surface area contributed by atoms with Crippen molar-refractivity contribution >= 4 is 23.1 Å². The van der Waals surface area contributed by atoms with E-state index < -0.39 is 0 Å².